The van der Waals surface area contributed by atoms with E-state index < -0.39 is 28.9 Å². The van der Waals surface area contributed by atoms with Gasteiger partial charge in [0.15, 0.2) is 5.78 Å². The molecule has 0 aromatic carbocycles. The lowest BCUT2D eigenvalue weighted by molar-refractivity contribution is -0.196. The van der Waals surface area contributed by atoms with Crippen LogP contribution in [0.25, 0.3) is 0 Å². The van der Waals surface area contributed by atoms with Gasteiger partial charge in [0.1, 0.15) is 6.10 Å². The van der Waals surface area contributed by atoms with Gasteiger partial charge in [-0.15, -0.1) is 0 Å². The van der Waals surface area contributed by atoms with Gasteiger partial charge < -0.3 is 20.1 Å². The van der Waals surface area contributed by atoms with E-state index in [0.29, 0.717) is 42.6 Å². The van der Waals surface area contributed by atoms with Crippen LogP contribution in [0.3, 0.4) is 0 Å². The zero-order valence-electron chi connectivity index (χ0n) is 30.7. The highest BCUT2D eigenvalue weighted by Crippen LogP contribution is 2.69. The Kier molecular flexibility index (Phi) is 9.59. The second-order valence-electron chi connectivity index (χ2n) is 18.7. The minimum Gasteiger partial charge on any atom is -0.481 e. The number of nitrogens with zero attached hydrogens (tertiary/aromatic N) is 1. The van der Waals surface area contributed by atoms with Crippen molar-refractivity contribution in [3.63, 3.8) is 0 Å². The average Bonchev–Trinajstić information content (AvgIpc) is 3.59. The van der Waals surface area contributed by atoms with Crippen molar-refractivity contribution < 1.29 is 34.4 Å². The number of fused-ring (bicyclic) bond motifs is 7. The summed E-state index contributed by atoms with van der Waals surface area (Å²) < 4.78 is 6.11. The number of Topliss-reactive ketones (excluding diaryl/α,β-unsaturated/α-hetero) is 1. The number of likely N-dealkylation sites (tertiary alicyclic amines) is 1. The molecule has 0 radical (unpaired) electrons. The first-order valence-corrected chi connectivity index (χ1v) is 19.2. The molecule has 10 atom stereocenters. The number of aliphatic hydroxyl groups is 2. The third-order valence-electron chi connectivity index (χ3n) is 15.1. The number of ether oxygens (including phenoxy) is 1. The van der Waals surface area contributed by atoms with Gasteiger partial charge in [-0.25, -0.2) is 0 Å². The van der Waals surface area contributed by atoms with E-state index in [4.69, 9.17) is 4.74 Å². The molecule has 0 bridgehead atoms. The number of β-amino-alcohol motifs (C(OH)–C–C–N with tert-alkyl or cyclic N) is 1. The number of aliphatic hydroxyl groups excluding tert-OH is 2. The van der Waals surface area contributed by atoms with Crippen LogP contribution in [0.15, 0.2) is 11.1 Å². The van der Waals surface area contributed by atoms with Gasteiger partial charge in [-0.3, -0.25) is 19.3 Å². The Morgan fingerprint density at radius 1 is 1.00 bits per heavy atom. The van der Waals surface area contributed by atoms with Crippen molar-refractivity contribution in [2.24, 2.45) is 57.2 Å². The third-order valence-corrected chi connectivity index (χ3v) is 15.1. The zero-order chi connectivity index (χ0) is 35.0. The SMILES string of the molecule is CC(C)C1=C2C3CCC4C(CCC5C(C)(C)C(OC(=O)CC(C)(C)C(=O)O)CCC45C)C3CCC2(C(O)CN2CCCC2CO)CC1=O. The van der Waals surface area contributed by atoms with Crippen LogP contribution in [-0.2, 0) is 19.1 Å². The highest BCUT2D eigenvalue weighted by Gasteiger charge is 2.64. The van der Waals surface area contributed by atoms with Crippen LogP contribution in [0, 0.1) is 57.2 Å². The number of esters is 1. The van der Waals surface area contributed by atoms with Crippen molar-refractivity contribution in [2.45, 2.75) is 144 Å². The topological polar surface area (TPSA) is 124 Å². The van der Waals surface area contributed by atoms with Crippen molar-refractivity contribution >= 4 is 17.7 Å². The summed E-state index contributed by atoms with van der Waals surface area (Å²) in [5.74, 6) is 1.42. The van der Waals surface area contributed by atoms with Gasteiger partial charge in [-0.2, -0.15) is 0 Å². The average molecular weight is 670 g/mol. The summed E-state index contributed by atoms with van der Waals surface area (Å²) in [6.07, 6.45) is 9.62. The third kappa shape index (κ3) is 5.72. The molecule has 1 heterocycles. The van der Waals surface area contributed by atoms with Gasteiger partial charge in [0.2, 0.25) is 0 Å². The minimum absolute atomic E-state index is 0.104. The Labute approximate surface area is 288 Å². The first-order chi connectivity index (χ1) is 22.5. The lowest BCUT2D eigenvalue weighted by Crippen LogP contribution is -2.60. The summed E-state index contributed by atoms with van der Waals surface area (Å²) in [5, 5.41) is 31.6. The van der Waals surface area contributed by atoms with E-state index in [0.717, 1.165) is 76.3 Å². The van der Waals surface area contributed by atoms with Crippen molar-refractivity contribution in [2.75, 3.05) is 19.7 Å². The number of hydrogen-bond donors (Lipinski definition) is 3. The first-order valence-electron chi connectivity index (χ1n) is 19.2. The van der Waals surface area contributed by atoms with Crippen molar-refractivity contribution in [1.82, 2.24) is 4.90 Å². The van der Waals surface area contributed by atoms with Gasteiger partial charge in [-0.1, -0.05) is 40.2 Å². The Balaban J connectivity index is 1.23. The van der Waals surface area contributed by atoms with Crippen LogP contribution in [0.4, 0.5) is 0 Å². The van der Waals surface area contributed by atoms with E-state index in [1.165, 1.54) is 5.57 Å². The number of hydrogen-bond acceptors (Lipinski definition) is 7. The second-order valence-corrected chi connectivity index (χ2v) is 18.7. The van der Waals surface area contributed by atoms with Crippen LogP contribution < -0.4 is 0 Å². The Morgan fingerprint density at radius 3 is 2.40 bits per heavy atom. The second kappa shape index (κ2) is 12.8. The van der Waals surface area contributed by atoms with E-state index in [1.807, 2.05) is 0 Å². The standard InChI is InChI=1S/C40H63NO7/c1-23(2)34-29(43)19-40(31(44)21-41-18-8-9-24(41)22-42)17-14-25-26-11-13-30-38(5,6)32(48-33(45)20-37(3,4)36(46)47)15-16-39(30,7)28(26)12-10-27(25)35(34)40/h23-28,30-32,42,44H,8-22H2,1-7H3,(H,46,47). The molecular weight excluding hydrogens is 606 g/mol. The summed E-state index contributed by atoms with van der Waals surface area (Å²) in [6, 6.07) is 0.104. The van der Waals surface area contributed by atoms with E-state index in [2.05, 4.69) is 39.5 Å². The molecule has 3 N–H and O–H groups in total. The fourth-order valence-corrected chi connectivity index (χ4v) is 12.8. The molecule has 48 heavy (non-hydrogen) atoms. The molecule has 6 aliphatic rings. The molecule has 0 amide bonds. The van der Waals surface area contributed by atoms with Crippen LogP contribution in [0.5, 0.6) is 0 Å². The van der Waals surface area contributed by atoms with Gasteiger partial charge in [0, 0.05) is 29.8 Å². The van der Waals surface area contributed by atoms with Gasteiger partial charge in [-0.05, 0) is 131 Å². The van der Waals surface area contributed by atoms with Crippen LogP contribution >= 0.6 is 0 Å². The fraction of sp³-hybridized carbons (Fsp3) is 0.875. The molecule has 5 aliphatic carbocycles. The summed E-state index contributed by atoms with van der Waals surface area (Å²) >= 11 is 0. The lowest BCUT2D eigenvalue weighted by atomic mass is 9.40. The molecule has 8 nitrogen and oxygen atoms in total. The van der Waals surface area contributed by atoms with Crippen LogP contribution in [-0.4, -0.2) is 75.9 Å². The first kappa shape index (κ1) is 36.0. The van der Waals surface area contributed by atoms with Gasteiger partial charge in [0.05, 0.1) is 24.5 Å². The van der Waals surface area contributed by atoms with E-state index in [9.17, 15) is 29.7 Å². The van der Waals surface area contributed by atoms with Crippen molar-refractivity contribution in [1.29, 1.82) is 0 Å². The maximum Gasteiger partial charge on any atom is 0.309 e. The molecule has 0 aromatic heterocycles. The number of carbonyl (C=O) groups is 3. The smallest absolute Gasteiger partial charge is 0.309 e. The predicted octanol–water partition coefficient (Wildman–Crippen LogP) is 6.42. The molecule has 1 saturated heterocycles. The monoisotopic (exact) mass is 669 g/mol. The molecule has 5 fully saturated rings. The van der Waals surface area contributed by atoms with Crippen molar-refractivity contribution in [3.8, 4) is 0 Å². The highest BCUT2D eigenvalue weighted by molar-refractivity contribution is 6.00. The van der Waals surface area contributed by atoms with Crippen LogP contribution in [0.1, 0.15) is 126 Å². The minimum atomic E-state index is -1.15. The Hall–Kier alpha value is -1.77. The Bertz CT molecular complexity index is 1320. The van der Waals surface area contributed by atoms with Crippen LogP contribution in [0.2, 0.25) is 0 Å². The fourth-order valence-electron chi connectivity index (χ4n) is 12.8. The zero-order valence-corrected chi connectivity index (χ0v) is 30.7. The van der Waals surface area contributed by atoms with Crippen molar-refractivity contribution in [3.05, 3.63) is 11.1 Å². The number of carboxylic acids is 1. The number of ketones is 1. The molecule has 10 unspecified atom stereocenters. The number of aliphatic carboxylic acids is 1. The summed E-state index contributed by atoms with van der Waals surface area (Å²) in [7, 11) is 0. The molecule has 270 valence electrons. The van der Waals surface area contributed by atoms with Gasteiger partial charge in [0.25, 0.3) is 0 Å². The molecular formula is C40H63NO7. The summed E-state index contributed by atoms with van der Waals surface area (Å²) in [5.41, 5.74) is 0.614. The summed E-state index contributed by atoms with van der Waals surface area (Å²) in [6.45, 7) is 16.1. The van der Waals surface area contributed by atoms with E-state index in [-0.39, 0.29) is 47.7 Å². The maximum atomic E-state index is 13.8. The number of carboxylic acid groups (broad SMARTS) is 1. The molecule has 8 heteroatoms. The normalized spacial score (nSPS) is 40.2. The number of allylic oxidation sites excluding steroid dienone is 1. The molecule has 1 aliphatic heterocycles. The molecule has 0 spiro atoms. The number of rotatable bonds is 9. The predicted molar refractivity (Wildman–Crippen MR) is 184 cm³/mol. The lowest BCUT2D eigenvalue weighted by Gasteiger charge is -2.65. The molecule has 6 rings (SSSR count). The van der Waals surface area contributed by atoms with Gasteiger partial charge >= 0.3 is 11.9 Å². The Morgan fingerprint density at radius 2 is 1.73 bits per heavy atom. The largest absolute Gasteiger partial charge is 0.481 e. The van der Waals surface area contributed by atoms with E-state index in [1.54, 1.807) is 13.8 Å². The van der Waals surface area contributed by atoms with E-state index >= 15 is 0 Å². The quantitative estimate of drug-likeness (QED) is 0.241. The number of carbonyl (C=O) groups excluding carboxylic acids is 2. The summed E-state index contributed by atoms with van der Waals surface area (Å²) in [4.78, 5) is 40.8. The maximum absolute atomic E-state index is 13.8. The molecule has 4 saturated carbocycles. The molecule has 0 aromatic rings. The highest BCUT2D eigenvalue weighted by atomic mass is 16.5.